The number of amides is 1. The molecule has 0 bridgehead atoms. The van der Waals surface area contributed by atoms with Crippen LogP contribution in [0.15, 0.2) is 30.1 Å². The second-order valence-electron chi connectivity index (χ2n) is 3.07. The number of anilines is 1. The van der Waals surface area contributed by atoms with Gasteiger partial charge in [0.15, 0.2) is 5.82 Å². The number of pyridine rings is 1. The first-order valence-electron chi connectivity index (χ1n) is 4.15. The molecular weight excluding hydrogens is 183 g/mol. The van der Waals surface area contributed by atoms with Gasteiger partial charge in [-0.3, -0.25) is 9.78 Å². The van der Waals surface area contributed by atoms with E-state index >= 15 is 0 Å². The summed E-state index contributed by atoms with van der Waals surface area (Å²) in [6, 6.07) is 1.41. The number of nitrogens with zero attached hydrogens (tertiary/aromatic N) is 1. The lowest BCUT2D eigenvalue weighted by atomic mass is 10.3. The van der Waals surface area contributed by atoms with Gasteiger partial charge in [0, 0.05) is 12.3 Å². The Balaban J connectivity index is 2.75. The molecule has 4 heteroatoms. The molecule has 0 atom stereocenters. The fourth-order valence-electron chi connectivity index (χ4n) is 0.908. The normalized spacial score (nSPS) is 9.36. The van der Waals surface area contributed by atoms with Gasteiger partial charge in [0.1, 0.15) is 0 Å². The molecule has 0 saturated heterocycles. The second kappa shape index (κ2) is 4.50. The van der Waals surface area contributed by atoms with E-state index in [1.807, 2.05) is 0 Å². The first-order chi connectivity index (χ1) is 6.59. The Kier molecular flexibility index (Phi) is 3.34. The Morgan fingerprint density at radius 3 is 2.86 bits per heavy atom. The Morgan fingerprint density at radius 1 is 1.57 bits per heavy atom. The zero-order valence-electron chi connectivity index (χ0n) is 8.04. The molecule has 0 radical (unpaired) electrons. The summed E-state index contributed by atoms with van der Waals surface area (Å²) in [4.78, 5) is 14.8. The van der Waals surface area contributed by atoms with Crippen LogP contribution in [0.5, 0.6) is 0 Å². The van der Waals surface area contributed by atoms with Crippen LogP contribution in [-0.4, -0.2) is 10.9 Å². The van der Waals surface area contributed by atoms with Crippen LogP contribution in [0.4, 0.5) is 10.1 Å². The smallest absolute Gasteiger partial charge is 0.248 e. The fraction of sp³-hybridized carbons (Fsp3) is 0.200. The molecule has 0 aromatic carbocycles. The van der Waals surface area contributed by atoms with Crippen LogP contribution in [0.25, 0.3) is 0 Å². The molecule has 0 saturated carbocycles. The highest BCUT2D eigenvalue weighted by molar-refractivity contribution is 5.99. The summed E-state index contributed by atoms with van der Waals surface area (Å²) < 4.78 is 13.0. The van der Waals surface area contributed by atoms with Crippen molar-refractivity contribution < 1.29 is 9.18 Å². The molecule has 0 aliphatic rings. The summed E-state index contributed by atoms with van der Waals surface area (Å²) in [6.07, 6.45) is 3.87. The van der Waals surface area contributed by atoms with E-state index in [0.29, 0.717) is 0 Å². The highest BCUT2D eigenvalue weighted by Crippen LogP contribution is 2.10. The summed E-state index contributed by atoms with van der Waals surface area (Å²) in [6.45, 7) is 3.59. The van der Waals surface area contributed by atoms with E-state index in [1.54, 1.807) is 13.8 Å². The highest BCUT2D eigenvalue weighted by atomic mass is 19.1. The molecule has 0 unspecified atom stereocenters. The summed E-state index contributed by atoms with van der Waals surface area (Å²) in [5.74, 6) is -0.877. The van der Waals surface area contributed by atoms with Crippen LogP contribution >= 0.6 is 0 Å². The van der Waals surface area contributed by atoms with Gasteiger partial charge in [0.05, 0.1) is 11.9 Å². The number of rotatable bonds is 2. The number of aromatic nitrogens is 1. The van der Waals surface area contributed by atoms with Crippen molar-refractivity contribution in [3.8, 4) is 0 Å². The van der Waals surface area contributed by atoms with Crippen molar-refractivity contribution in [1.82, 2.24) is 4.98 Å². The fourth-order valence-corrected chi connectivity index (χ4v) is 0.908. The quantitative estimate of drug-likeness (QED) is 0.733. The average molecular weight is 194 g/mol. The summed E-state index contributed by atoms with van der Waals surface area (Å²) in [7, 11) is 0. The molecule has 0 aliphatic carbocycles. The zero-order valence-corrected chi connectivity index (χ0v) is 8.04. The monoisotopic (exact) mass is 194 g/mol. The topological polar surface area (TPSA) is 42.0 Å². The number of hydrogen-bond donors (Lipinski definition) is 1. The number of carbonyl (C=O) groups is 1. The molecule has 74 valence electrons. The molecule has 1 aromatic rings. The standard InChI is InChI=1S/C10H11FN2O/c1-7(2)5-10(14)13-9-3-4-12-6-8(9)11/h3-6H,1-2H3,(H,12,13,14). The average Bonchev–Trinajstić information content (AvgIpc) is 2.07. The molecule has 0 aliphatic heterocycles. The summed E-state index contributed by atoms with van der Waals surface area (Å²) in [5.41, 5.74) is 1.000. The van der Waals surface area contributed by atoms with Crippen molar-refractivity contribution in [3.63, 3.8) is 0 Å². The lowest BCUT2D eigenvalue weighted by Crippen LogP contribution is -2.09. The summed E-state index contributed by atoms with van der Waals surface area (Å²) >= 11 is 0. The number of carbonyl (C=O) groups excluding carboxylic acids is 1. The molecule has 3 nitrogen and oxygen atoms in total. The molecule has 1 aromatic heterocycles. The van der Waals surface area contributed by atoms with Crippen LogP contribution < -0.4 is 5.32 Å². The van der Waals surface area contributed by atoms with Crippen molar-refractivity contribution in [2.75, 3.05) is 5.32 Å². The lowest BCUT2D eigenvalue weighted by molar-refractivity contribution is -0.112. The van der Waals surface area contributed by atoms with Gasteiger partial charge < -0.3 is 5.32 Å². The van der Waals surface area contributed by atoms with E-state index in [-0.39, 0.29) is 11.6 Å². The molecule has 14 heavy (non-hydrogen) atoms. The van der Waals surface area contributed by atoms with Crippen LogP contribution in [0.2, 0.25) is 0 Å². The maximum Gasteiger partial charge on any atom is 0.248 e. The van der Waals surface area contributed by atoms with E-state index in [1.165, 1.54) is 18.3 Å². The SMILES string of the molecule is CC(C)=CC(=O)Nc1ccncc1F. The third-order valence-corrected chi connectivity index (χ3v) is 1.45. The Bertz CT molecular complexity index is 370. The van der Waals surface area contributed by atoms with Gasteiger partial charge in [0.2, 0.25) is 5.91 Å². The van der Waals surface area contributed by atoms with Gasteiger partial charge in [0.25, 0.3) is 0 Å². The predicted octanol–water partition coefficient (Wildman–Crippen LogP) is 2.13. The van der Waals surface area contributed by atoms with E-state index in [0.717, 1.165) is 11.8 Å². The maximum absolute atomic E-state index is 13.0. The van der Waals surface area contributed by atoms with Crippen molar-refractivity contribution in [2.45, 2.75) is 13.8 Å². The van der Waals surface area contributed by atoms with E-state index in [9.17, 15) is 9.18 Å². The van der Waals surface area contributed by atoms with Gasteiger partial charge in [-0.1, -0.05) is 5.57 Å². The molecule has 1 N–H and O–H groups in total. The second-order valence-corrected chi connectivity index (χ2v) is 3.07. The number of halogens is 1. The van der Waals surface area contributed by atoms with Crippen LogP contribution in [0.1, 0.15) is 13.8 Å². The van der Waals surface area contributed by atoms with Crippen molar-refractivity contribution in [2.24, 2.45) is 0 Å². The maximum atomic E-state index is 13.0. The first-order valence-corrected chi connectivity index (χ1v) is 4.15. The Morgan fingerprint density at radius 2 is 2.29 bits per heavy atom. The number of nitrogens with one attached hydrogen (secondary N) is 1. The minimum atomic E-state index is -0.539. The molecule has 1 heterocycles. The van der Waals surface area contributed by atoms with Gasteiger partial charge in [-0.15, -0.1) is 0 Å². The van der Waals surface area contributed by atoms with Crippen LogP contribution in [-0.2, 0) is 4.79 Å². The lowest BCUT2D eigenvalue weighted by Gasteiger charge is -2.02. The molecule has 1 amide bonds. The van der Waals surface area contributed by atoms with E-state index in [2.05, 4.69) is 10.3 Å². The third-order valence-electron chi connectivity index (χ3n) is 1.45. The minimum Gasteiger partial charge on any atom is -0.320 e. The predicted molar refractivity (Wildman–Crippen MR) is 52.3 cm³/mol. The van der Waals surface area contributed by atoms with Gasteiger partial charge >= 0.3 is 0 Å². The molecule has 1 rings (SSSR count). The van der Waals surface area contributed by atoms with Crippen LogP contribution in [0, 0.1) is 5.82 Å². The number of allylic oxidation sites excluding steroid dienone is 1. The van der Waals surface area contributed by atoms with Crippen LogP contribution in [0.3, 0.4) is 0 Å². The zero-order chi connectivity index (χ0) is 10.6. The summed E-state index contributed by atoms with van der Waals surface area (Å²) in [5, 5.41) is 2.41. The minimum absolute atomic E-state index is 0.141. The molecule has 0 spiro atoms. The van der Waals surface area contributed by atoms with E-state index in [4.69, 9.17) is 0 Å². The molecule has 0 fully saturated rings. The Hall–Kier alpha value is -1.71. The third kappa shape index (κ3) is 2.97. The Labute approximate surface area is 81.7 Å². The highest BCUT2D eigenvalue weighted by Gasteiger charge is 2.03. The van der Waals surface area contributed by atoms with Crippen molar-refractivity contribution in [1.29, 1.82) is 0 Å². The first kappa shape index (κ1) is 10.4. The van der Waals surface area contributed by atoms with Gasteiger partial charge in [-0.25, -0.2) is 4.39 Å². The molecular formula is C10H11FN2O. The van der Waals surface area contributed by atoms with Gasteiger partial charge in [-0.2, -0.15) is 0 Å². The van der Waals surface area contributed by atoms with Gasteiger partial charge in [-0.05, 0) is 19.9 Å². The van der Waals surface area contributed by atoms with E-state index < -0.39 is 5.82 Å². The largest absolute Gasteiger partial charge is 0.320 e. The van der Waals surface area contributed by atoms with Crippen molar-refractivity contribution in [3.05, 3.63) is 35.9 Å². The van der Waals surface area contributed by atoms with Crippen molar-refractivity contribution >= 4 is 11.6 Å². The number of hydrogen-bond acceptors (Lipinski definition) is 2.